The molecule has 1 aromatic rings. The third kappa shape index (κ3) is 1.98. The summed E-state index contributed by atoms with van der Waals surface area (Å²) in [4.78, 5) is 0. The lowest BCUT2D eigenvalue weighted by molar-refractivity contribution is -0.0359. The molecule has 0 aromatic heterocycles. The lowest BCUT2D eigenvalue weighted by atomic mass is 9.64. The number of alkyl halides is 1. The molecule has 0 aliphatic heterocycles. The zero-order valence-corrected chi connectivity index (χ0v) is 12.9. The predicted molar refractivity (Wildman–Crippen MR) is 78.5 cm³/mol. The minimum Gasteiger partial charge on any atom is -0.489 e. The Hall–Kier alpha value is -0.210. The Morgan fingerprint density at radius 3 is 2.72 bits per heavy atom. The summed E-state index contributed by atoms with van der Waals surface area (Å²) in [7, 11) is 0. The van der Waals surface area contributed by atoms with Crippen molar-refractivity contribution in [3.8, 4) is 5.75 Å². The predicted octanol–water partition coefficient (Wildman–Crippen LogP) is 5.08. The molecule has 3 heteroatoms. The number of ether oxygens (including phenoxy) is 1. The van der Waals surface area contributed by atoms with Gasteiger partial charge in [0.05, 0.1) is 0 Å². The van der Waals surface area contributed by atoms with Crippen LogP contribution in [0.25, 0.3) is 0 Å². The highest BCUT2D eigenvalue weighted by atomic mass is 79.9. The van der Waals surface area contributed by atoms with Crippen LogP contribution >= 0.6 is 27.5 Å². The molecule has 1 spiro atoms. The Morgan fingerprint density at radius 2 is 2.06 bits per heavy atom. The highest BCUT2D eigenvalue weighted by Crippen LogP contribution is 2.57. The van der Waals surface area contributed by atoms with E-state index in [1.807, 2.05) is 0 Å². The Bertz CT molecular complexity index is 454. The van der Waals surface area contributed by atoms with Crippen LogP contribution in [-0.2, 0) is 0 Å². The quantitative estimate of drug-likeness (QED) is 0.688. The molecule has 18 heavy (non-hydrogen) atoms. The first kappa shape index (κ1) is 12.8. The van der Waals surface area contributed by atoms with Gasteiger partial charge in [-0.1, -0.05) is 34.8 Å². The Labute approximate surface area is 122 Å². The van der Waals surface area contributed by atoms with Crippen LogP contribution in [0.4, 0.5) is 0 Å². The van der Waals surface area contributed by atoms with Crippen molar-refractivity contribution >= 4 is 27.5 Å². The van der Waals surface area contributed by atoms with Crippen molar-refractivity contribution in [1.29, 1.82) is 0 Å². The van der Waals surface area contributed by atoms with Crippen LogP contribution in [0, 0.1) is 12.3 Å². The molecule has 2 saturated carbocycles. The second kappa shape index (κ2) is 4.72. The van der Waals surface area contributed by atoms with E-state index in [1.165, 1.54) is 31.2 Å². The molecule has 0 N–H and O–H groups in total. The third-order valence-electron chi connectivity index (χ3n) is 4.64. The molecule has 2 aliphatic carbocycles. The van der Waals surface area contributed by atoms with Gasteiger partial charge in [0.1, 0.15) is 11.9 Å². The van der Waals surface area contributed by atoms with Crippen molar-refractivity contribution in [2.24, 2.45) is 5.41 Å². The fourth-order valence-corrected chi connectivity index (χ4v) is 4.25. The van der Waals surface area contributed by atoms with Gasteiger partial charge in [-0.2, -0.15) is 0 Å². The smallest absolute Gasteiger partial charge is 0.123 e. The van der Waals surface area contributed by atoms with Crippen LogP contribution in [0.3, 0.4) is 0 Å². The number of benzene rings is 1. The van der Waals surface area contributed by atoms with Crippen LogP contribution in [0.15, 0.2) is 22.7 Å². The van der Waals surface area contributed by atoms with Crippen LogP contribution in [0.5, 0.6) is 5.75 Å². The summed E-state index contributed by atoms with van der Waals surface area (Å²) >= 11 is 9.96. The number of hydrogen-bond acceptors (Lipinski definition) is 1. The maximum Gasteiger partial charge on any atom is 0.123 e. The first-order valence-electron chi connectivity index (χ1n) is 6.69. The van der Waals surface area contributed by atoms with Crippen molar-refractivity contribution in [2.75, 3.05) is 0 Å². The van der Waals surface area contributed by atoms with Gasteiger partial charge in [0.2, 0.25) is 0 Å². The molecule has 0 saturated heterocycles. The number of halogens is 2. The minimum absolute atomic E-state index is 0.260. The van der Waals surface area contributed by atoms with Crippen LogP contribution in [0.1, 0.15) is 37.7 Å². The average Bonchev–Trinajstić information content (AvgIpc) is 2.85. The van der Waals surface area contributed by atoms with Crippen LogP contribution in [-0.4, -0.2) is 11.5 Å². The lowest BCUT2D eigenvalue weighted by Gasteiger charge is -2.51. The van der Waals surface area contributed by atoms with Crippen LogP contribution < -0.4 is 4.74 Å². The molecule has 2 fully saturated rings. The van der Waals surface area contributed by atoms with Gasteiger partial charge in [0.15, 0.2) is 0 Å². The van der Waals surface area contributed by atoms with Crippen molar-refractivity contribution < 1.29 is 4.74 Å². The molecule has 0 heterocycles. The van der Waals surface area contributed by atoms with Gasteiger partial charge >= 0.3 is 0 Å². The van der Waals surface area contributed by atoms with E-state index in [-0.39, 0.29) is 5.41 Å². The zero-order valence-electron chi connectivity index (χ0n) is 10.6. The van der Waals surface area contributed by atoms with Gasteiger partial charge in [0, 0.05) is 21.7 Å². The highest BCUT2D eigenvalue weighted by Gasteiger charge is 2.57. The van der Waals surface area contributed by atoms with E-state index < -0.39 is 0 Å². The molecule has 2 aliphatic rings. The highest BCUT2D eigenvalue weighted by molar-refractivity contribution is 9.10. The molecule has 2 unspecified atom stereocenters. The number of hydrogen-bond donors (Lipinski definition) is 0. The first-order valence-corrected chi connectivity index (χ1v) is 7.92. The standard InChI is InChI=1S/C15H18BrClO/c1-10-4-5-11(16)8-12(10)18-14-9-13(17)15(14)6-2-3-7-15/h4-5,8,13-14H,2-3,6-7,9H2,1H3. The van der Waals surface area contributed by atoms with Gasteiger partial charge in [0.25, 0.3) is 0 Å². The maximum atomic E-state index is 6.45. The summed E-state index contributed by atoms with van der Waals surface area (Å²) in [5.41, 5.74) is 1.46. The number of rotatable bonds is 2. The molecular formula is C15H18BrClO. The normalized spacial score (nSPS) is 29.3. The number of aryl methyl sites for hydroxylation is 1. The monoisotopic (exact) mass is 328 g/mol. The molecular weight excluding hydrogens is 312 g/mol. The summed E-state index contributed by atoms with van der Waals surface area (Å²) in [5, 5.41) is 0.317. The van der Waals surface area contributed by atoms with Crippen molar-refractivity contribution in [3.63, 3.8) is 0 Å². The molecule has 0 amide bonds. The molecule has 0 bridgehead atoms. The van der Waals surface area contributed by atoms with Gasteiger partial charge in [-0.3, -0.25) is 0 Å². The van der Waals surface area contributed by atoms with Crippen LogP contribution in [0.2, 0.25) is 0 Å². The third-order valence-corrected chi connectivity index (χ3v) is 5.75. The average molecular weight is 330 g/mol. The van der Waals surface area contributed by atoms with E-state index in [0.717, 1.165) is 16.6 Å². The van der Waals surface area contributed by atoms with Crippen molar-refractivity contribution in [2.45, 2.75) is 50.5 Å². The summed E-state index contributed by atoms with van der Waals surface area (Å²) in [6.45, 7) is 2.10. The van der Waals surface area contributed by atoms with Gasteiger partial charge < -0.3 is 4.74 Å². The SMILES string of the molecule is Cc1ccc(Br)cc1OC1CC(Cl)C12CCCC2. The van der Waals surface area contributed by atoms with E-state index in [1.54, 1.807) is 0 Å². The summed E-state index contributed by atoms with van der Waals surface area (Å²) in [6, 6.07) is 6.22. The second-order valence-corrected chi connectivity index (χ2v) is 7.10. The summed E-state index contributed by atoms with van der Waals surface area (Å²) in [5.74, 6) is 1.00. The Morgan fingerprint density at radius 1 is 1.33 bits per heavy atom. The lowest BCUT2D eigenvalue weighted by Crippen LogP contribution is -2.55. The van der Waals surface area contributed by atoms with Gasteiger partial charge in [-0.15, -0.1) is 11.6 Å². The van der Waals surface area contributed by atoms with Crippen molar-refractivity contribution in [1.82, 2.24) is 0 Å². The Kier molecular flexibility index (Phi) is 3.36. The summed E-state index contributed by atoms with van der Waals surface area (Å²) < 4.78 is 7.33. The van der Waals surface area contributed by atoms with E-state index >= 15 is 0 Å². The Balaban J connectivity index is 1.79. The molecule has 0 radical (unpaired) electrons. The van der Waals surface area contributed by atoms with E-state index in [4.69, 9.17) is 16.3 Å². The van der Waals surface area contributed by atoms with Gasteiger partial charge in [-0.05, 0) is 37.5 Å². The zero-order chi connectivity index (χ0) is 12.8. The molecule has 98 valence electrons. The molecule has 1 nitrogen and oxygen atoms in total. The molecule has 3 rings (SSSR count). The minimum atomic E-state index is 0.260. The maximum absolute atomic E-state index is 6.45. The van der Waals surface area contributed by atoms with E-state index in [9.17, 15) is 0 Å². The van der Waals surface area contributed by atoms with E-state index in [0.29, 0.717) is 11.5 Å². The fraction of sp³-hybridized carbons (Fsp3) is 0.600. The van der Waals surface area contributed by atoms with Gasteiger partial charge in [-0.25, -0.2) is 0 Å². The topological polar surface area (TPSA) is 9.23 Å². The largest absolute Gasteiger partial charge is 0.489 e. The van der Waals surface area contributed by atoms with E-state index in [2.05, 4.69) is 41.1 Å². The summed E-state index contributed by atoms with van der Waals surface area (Å²) in [6.07, 6.45) is 6.39. The first-order chi connectivity index (χ1) is 8.62. The molecule has 1 aromatic carbocycles. The second-order valence-electron chi connectivity index (χ2n) is 5.66. The van der Waals surface area contributed by atoms with Crippen molar-refractivity contribution in [3.05, 3.63) is 28.2 Å². The fourth-order valence-electron chi connectivity index (χ4n) is 3.39. The molecule has 2 atom stereocenters.